The molecule has 7 nitrogen and oxygen atoms in total. The van der Waals surface area contributed by atoms with Crippen LogP contribution in [0.5, 0.6) is 5.75 Å². The lowest BCUT2D eigenvalue weighted by Crippen LogP contribution is -2.47. The van der Waals surface area contributed by atoms with Crippen LogP contribution in [-0.2, 0) is 9.53 Å². The maximum Gasteiger partial charge on any atom is 0.417 e. The maximum atomic E-state index is 14.4. The molecule has 1 aliphatic heterocycles. The van der Waals surface area contributed by atoms with Gasteiger partial charge in [-0.1, -0.05) is 13.0 Å². The van der Waals surface area contributed by atoms with E-state index in [2.05, 4.69) is 10.3 Å². The van der Waals surface area contributed by atoms with Crippen LogP contribution in [0.2, 0.25) is 0 Å². The van der Waals surface area contributed by atoms with Gasteiger partial charge < -0.3 is 20.5 Å². The highest BCUT2D eigenvalue weighted by Crippen LogP contribution is 2.55. The first-order valence-corrected chi connectivity index (χ1v) is 9.75. The molecule has 3 rings (SSSR count). The van der Waals surface area contributed by atoms with Crippen LogP contribution in [-0.4, -0.2) is 41.8 Å². The molecule has 4 atom stereocenters. The van der Waals surface area contributed by atoms with E-state index in [-0.39, 0.29) is 5.56 Å². The van der Waals surface area contributed by atoms with Crippen molar-refractivity contribution in [2.24, 2.45) is 11.7 Å². The van der Waals surface area contributed by atoms with E-state index in [1.165, 1.54) is 0 Å². The Hall–Kier alpha value is -3.35. The SMILES string of the molecule is COc1c([C@@H]2[C@H](C(=O)Nc3cc(C(N)=O)ncc3F)O[C@](C)(C(F)(F)F)[C@H]2C)ccc(F)c1F. The van der Waals surface area contributed by atoms with Crippen LogP contribution in [0.1, 0.15) is 35.8 Å². The Kier molecular flexibility index (Phi) is 6.53. The normalized spacial score (nSPS) is 24.7. The van der Waals surface area contributed by atoms with Crippen molar-refractivity contribution < 1.29 is 45.4 Å². The zero-order chi connectivity index (χ0) is 25.6. The minimum Gasteiger partial charge on any atom is -0.493 e. The molecule has 2 aromatic rings. The van der Waals surface area contributed by atoms with Crippen molar-refractivity contribution in [3.63, 3.8) is 0 Å². The summed E-state index contributed by atoms with van der Waals surface area (Å²) in [7, 11) is 0.984. The number of halogens is 6. The van der Waals surface area contributed by atoms with Gasteiger partial charge in [0.25, 0.3) is 11.8 Å². The summed E-state index contributed by atoms with van der Waals surface area (Å²) >= 11 is 0. The number of primary amides is 1. The highest BCUT2D eigenvalue weighted by Gasteiger charge is 2.66. The summed E-state index contributed by atoms with van der Waals surface area (Å²) in [5.41, 5.74) is 0.923. The van der Waals surface area contributed by atoms with Crippen LogP contribution < -0.4 is 15.8 Å². The number of carbonyl (C=O) groups is 2. The minimum atomic E-state index is -4.97. The molecule has 1 saturated heterocycles. The van der Waals surface area contributed by atoms with Crippen LogP contribution in [0.4, 0.5) is 32.0 Å². The van der Waals surface area contributed by atoms with Gasteiger partial charge in [-0.2, -0.15) is 17.6 Å². The number of rotatable bonds is 5. The second-order valence-corrected chi connectivity index (χ2v) is 7.84. The summed E-state index contributed by atoms with van der Waals surface area (Å²) in [5, 5.41) is 2.06. The number of benzene rings is 1. The Balaban J connectivity index is 2.10. The fraction of sp³-hybridized carbons (Fsp3) is 0.381. The molecule has 0 radical (unpaired) electrons. The first-order valence-electron chi connectivity index (χ1n) is 9.75. The van der Waals surface area contributed by atoms with Gasteiger partial charge in [0.2, 0.25) is 5.82 Å². The van der Waals surface area contributed by atoms with Gasteiger partial charge in [0.15, 0.2) is 23.0 Å². The number of nitrogens with zero attached hydrogens (tertiary/aromatic N) is 1. The van der Waals surface area contributed by atoms with Crippen molar-refractivity contribution in [1.29, 1.82) is 0 Å². The molecule has 1 aromatic heterocycles. The van der Waals surface area contributed by atoms with Crippen molar-refractivity contribution in [2.45, 2.75) is 37.6 Å². The van der Waals surface area contributed by atoms with E-state index in [9.17, 15) is 35.9 Å². The molecule has 0 bridgehead atoms. The van der Waals surface area contributed by atoms with E-state index in [4.69, 9.17) is 15.2 Å². The van der Waals surface area contributed by atoms with Crippen molar-refractivity contribution in [3.05, 3.63) is 53.1 Å². The maximum absolute atomic E-state index is 14.4. The van der Waals surface area contributed by atoms with Crippen molar-refractivity contribution in [2.75, 3.05) is 12.4 Å². The van der Waals surface area contributed by atoms with Crippen LogP contribution >= 0.6 is 0 Å². The van der Waals surface area contributed by atoms with Crippen molar-refractivity contribution in [3.8, 4) is 5.75 Å². The molecule has 0 spiro atoms. The van der Waals surface area contributed by atoms with Crippen molar-refractivity contribution in [1.82, 2.24) is 4.98 Å². The molecular weight excluding hydrogens is 472 g/mol. The number of hydrogen-bond donors (Lipinski definition) is 2. The molecule has 0 unspecified atom stereocenters. The molecule has 0 saturated carbocycles. The first-order chi connectivity index (χ1) is 15.7. The number of carbonyl (C=O) groups excluding carboxylic acids is 2. The second kappa shape index (κ2) is 8.78. The summed E-state index contributed by atoms with van der Waals surface area (Å²) in [6.07, 6.45) is -6.32. The zero-order valence-corrected chi connectivity index (χ0v) is 18.0. The summed E-state index contributed by atoms with van der Waals surface area (Å²) in [6, 6.07) is 2.46. The topological polar surface area (TPSA) is 104 Å². The Morgan fingerprint density at radius 2 is 1.85 bits per heavy atom. The number of hydrogen-bond acceptors (Lipinski definition) is 5. The third-order valence-corrected chi connectivity index (χ3v) is 5.94. The van der Waals surface area contributed by atoms with Crippen molar-refractivity contribution >= 4 is 17.5 Å². The molecule has 2 amide bonds. The van der Waals surface area contributed by atoms with E-state index in [0.717, 1.165) is 26.2 Å². The predicted octanol–water partition coefficient (Wildman–Crippen LogP) is 3.68. The first kappa shape index (κ1) is 25.3. The lowest BCUT2D eigenvalue weighted by molar-refractivity contribution is -0.272. The number of amides is 2. The molecule has 1 fully saturated rings. The number of aromatic nitrogens is 1. The van der Waals surface area contributed by atoms with Gasteiger partial charge in [-0.3, -0.25) is 9.59 Å². The van der Waals surface area contributed by atoms with E-state index in [0.29, 0.717) is 19.2 Å². The van der Waals surface area contributed by atoms with Gasteiger partial charge in [-0.15, -0.1) is 0 Å². The molecule has 2 heterocycles. The van der Waals surface area contributed by atoms with Crippen LogP contribution in [0, 0.1) is 23.4 Å². The van der Waals surface area contributed by atoms with Gasteiger partial charge in [0, 0.05) is 17.4 Å². The number of nitrogens with one attached hydrogen (secondary N) is 1. The van der Waals surface area contributed by atoms with E-state index in [1.807, 2.05) is 0 Å². The van der Waals surface area contributed by atoms with E-state index >= 15 is 0 Å². The number of ether oxygens (including phenoxy) is 2. The molecule has 184 valence electrons. The van der Waals surface area contributed by atoms with Crippen LogP contribution in [0.15, 0.2) is 24.4 Å². The fourth-order valence-electron chi connectivity index (χ4n) is 3.91. The van der Waals surface area contributed by atoms with Gasteiger partial charge in [0.05, 0.1) is 19.0 Å². The lowest BCUT2D eigenvalue weighted by atomic mass is 9.77. The molecular formula is C21H19F6N3O4. The van der Waals surface area contributed by atoms with Crippen LogP contribution in [0.25, 0.3) is 0 Å². The summed E-state index contributed by atoms with van der Waals surface area (Å²) in [5.74, 6) is -9.85. The third kappa shape index (κ3) is 4.15. The monoisotopic (exact) mass is 491 g/mol. The summed E-state index contributed by atoms with van der Waals surface area (Å²) in [6.45, 7) is 1.84. The predicted molar refractivity (Wildman–Crippen MR) is 105 cm³/mol. The van der Waals surface area contributed by atoms with Gasteiger partial charge >= 0.3 is 6.18 Å². The number of methoxy groups -OCH3 is 1. The summed E-state index contributed by atoms with van der Waals surface area (Å²) in [4.78, 5) is 27.8. The smallest absolute Gasteiger partial charge is 0.417 e. The van der Waals surface area contributed by atoms with E-state index < -0.39 is 76.1 Å². The Morgan fingerprint density at radius 1 is 1.21 bits per heavy atom. The molecule has 34 heavy (non-hydrogen) atoms. The zero-order valence-electron chi connectivity index (χ0n) is 18.0. The third-order valence-electron chi connectivity index (χ3n) is 5.94. The largest absolute Gasteiger partial charge is 0.493 e. The van der Waals surface area contributed by atoms with Gasteiger partial charge in [-0.25, -0.2) is 13.8 Å². The molecule has 1 aliphatic rings. The average molecular weight is 491 g/mol. The number of pyridine rings is 1. The van der Waals surface area contributed by atoms with Crippen LogP contribution in [0.3, 0.4) is 0 Å². The Morgan fingerprint density at radius 3 is 2.41 bits per heavy atom. The quantitative estimate of drug-likeness (QED) is 0.622. The number of anilines is 1. The molecule has 1 aromatic carbocycles. The van der Waals surface area contributed by atoms with Gasteiger partial charge in [-0.05, 0) is 19.1 Å². The number of alkyl halides is 3. The highest BCUT2D eigenvalue weighted by molar-refractivity contribution is 5.97. The fourth-order valence-corrected chi connectivity index (χ4v) is 3.91. The second-order valence-electron chi connectivity index (χ2n) is 7.84. The number of nitrogens with two attached hydrogens (primary N) is 1. The Bertz CT molecular complexity index is 1140. The standard InChI is InChI=1S/C21H19F6N3O4/c1-8-14(9-4-5-10(22)15(24)16(9)33-3)17(34-20(8,2)21(25,26)27)19(32)30-12-6-13(18(28)31)29-7-11(12)23/h4-8,14,17H,1-3H3,(H2,28,31)(H,29,30,32)/t8-,14+,17+,20-/m0/s1. The Labute approximate surface area is 189 Å². The molecule has 3 N–H and O–H groups in total. The average Bonchev–Trinajstić information content (AvgIpc) is 3.03. The molecule has 13 heteroatoms. The lowest BCUT2D eigenvalue weighted by Gasteiger charge is -2.32. The van der Waals surface area contributed by atoms with Gasteiger partial charge in [0.1, 0.15) is 11.8 Å². The highest BCUT2D eigenvalue weighted by atomic mass is 19.4. The molecule has 0 aliphatic carbocycles. The minimum absolute atomic E-state index is 0.255. The summed E-state index contributed by atoms with van der Waals surface area (Å²) < 4.78 is 94.1. The van der Waals surface area contributed by atoms with E-state index in [1.54, 1.807) is 0 Å².